The SMILES string of the molecule is CCNC(=O)[C@H](Cc1ccccc1)N(Cc1ccc(F)cc1)C(=O)CN(c1ccccc1C)S(=O)(=O)c1ccc(C)cc1. The number of para-hydroxylation sites is 1. The molecule has 1 N–H and O–H groups in total. The van der Waals surface area contributed by atoms with Gasteiger partial charge in [0.1, 0.15) is 18.4 Å². The van der Waals surface area contributed by atoms with Gasteiger partial charge in [0.25, 0.3) is 10.0 Å². The van der Waals surface area contributed by atoms with Gasteiger partial charge in [-0.1, -0.05) is 78.4 Å². The molecule has 0 saturated carbocycles. The van der Waals surface area contributed by atoms with Crippen molar-refractivity contribution in [2.75, 3.05) is 17.4 Å². The van der Waals surface area contributed by atoms with E-state index in [4.69, 9.17) is 0 Å². The van der Waals surface area contributed by atoms with Crippen LogP contribution in [-0.4, -0.2) is 44.3 Å². The Labute approximate surface area is 253 Å². The molecule has 4 aromatic carbocycles. The van der Waals surface area contributed by atoms with Gasteiger partial charge in [0.05, 0.1) is 10.6 Å². The minimum Gasteiger partial charge on any atom is -0.355 e. The van der Waals surface area contributed by atoms with E-state index < -0.39 is 34.3 Å². The molecule has 0 unspecified atom stereocenters. The van der Waals surface area contributed by atoms with Crippen molar-refractivity contribution in [3.8, 4) is 0 Å². The summed E-state index contributed by atoms with van der Waals surface area (Å²) in [5.41, 5.74) is 3.35. The second kappa shape index (κ2) is 14.1. The second-order valence-electron chi connectivity index (χ2n) is 10.4. The summed E-state index contributed by atoms with van der Waals surface area (Å²) in [6.07, 6.45) is 0.203. The lowest BCUT2D eigenvalue weighted by Crippen LogP contribution is -2.53. The third-order valence-corrected chi connectivity index (χ3v) is 8.93. The Kier molecular flexibility index (Phi) is 10.3. The molecular formula is C34H36FN3O4S. The maximum Gasteiger partial charge on any atom is 0.264 e. The number of carbonyl (C=O) groups is 2. The average Bonchev–Trinajstić information content (AvgIpc) is 3.00. The topological polar surface area (TPSA) is 86.8 Å². The number of halogens is 1. The monoisotopic (exact) mass is 601 g/mol. The van der Waals surface area contributed by atoms with Crippen LogP contribution in [0.4, 0.5) is 10.1 Å². The summed E-state index contributed by atoms with van der Waals surface area (Å²) in [7, 11) is -4.18. The van der Waals surface area contributed by atoms with E-state index in [0.29, 0.717) is 23.4 Å². The first-order valence-electron chi connectivity index (χ1n) is 14.1. The summed E-state index contributed by atoms with van der Waals surface area (Å²) in [5, 5.41) is 2.83. The van der Waals surface area contributed by atoms with Crippen molar-refractivity contribution in [2.24, 2.45) is 0 Å². The Hall–Kier alpha value is -4.50. The molecule has 9 heteroatoms. The number of benzene rings is 4. The molecule has 0 bridgehead atoms. The van der Waals surface area contributed by atoms with Gasteiger partial charge in [0.2, 0.25) is 11.8 Å². The maximum atomic E-state index is 14.3. The number of likely N-dealkylation sites (N-methyl/N-ethyl adjacent to an activating group) is 1. The number of amides is 2. The molecule has 4 aromatic rings. The van der Waals surface area contributed by atoms with Crippen molar-refractivity contribution in [3.63, 3.8) is 0 Å². The number of rotatable bonds is 12. The molecule has 0 fully saturated rings. The number of hydrogen-bond acceptors (Lipinski definition) is 4. The number of anilines is 1. The van der Waals surface area contributed by atoms with Crippen LogP contribution < -0.4 is 9.62 Å². The van der Waals surface area contributed by atoms with Gasteiger partial charge in [-0.3, -0.25) is 13.9 Å². The molecule has 4 rings (SSSR count). The fourth-order valence-electron chi connectivity index (χ4n) is 4.83. The van der Waals surface area contributed by atoms with Crippen LogP contribution in [0.25, 0.3) is 0 Å². The standard InChI is InChI=1S/C34H36FN3O4S/c1-4-36-34(40)32(22-27-11-6-5-7-12-27)37(23-28-16-18-29(35)19-17-28)33(39)24-38(31-13-9-8-10-26(31)3)43(41,42)30-20-14-25(2)15-21-30/h5-21,32H,4,22-24H2,1-3H3,(H,36,40)/t32-/m0/s1. The molecule has 7 nitrogen and oxygen atoms in total. The van der Waals surface area contributed by atoms with Gasteiger partial charge in [-0.25, -0.2) is 12.8 Å². The van der Waals surface area contributed by atoms with Crippen LogP contribution in [-0.2, 0) is 32.6 Å². The van der Waals surface area contributed by atoms with Crippen LogP contribution in [0, 0.1) is 19.7 Å². The average molecular weight is 602 g/mol. The molecule has 0 spiro atoms. The molecule has 0 aliphatic carbocycles. The number of nitrogens with one attached hydrogen (secondary N) is 1. The molecule has 0 aliphatic rings. The highest BCUT2D eigenvalue weighted by Gasteiger charge is 2.34. The predicted octanol–water partition coefficient (Wildman–Crippen LogP) is 5.41. The van der Waals surface area contributed by atoms with E-state index in [0.717, 1.165) is 15.4 Å². The highest BCUT2D eigenvalue weighted by atomic mass is 32.2. The largest absolute Gasteiger partial charge is 0.355 e. The van der Waals surface area contributed by atoms with Crippen LogP contribution in [0.15, 0.2) is 108 Å². The molecule has 0 aliphatic heterocycles. The van der Waals surface area contributed by atoms with Crippen LogP contribution in [0.5, 0.6) is 0 Å². The van der Waals surface area contributed by atoms with Gasteiger partial charge in [0, 0.05) is 19.5 Å². The van der Waals surface area contributed by atoms with E-state index in [1.807, 2.05) is 37.3 Å². The molecule has 0 radical (unpaired) electrons. The highest BCUT2D eigenvalue weighted by Crippen LogP contribution is 2.28. The number of sulfonamides is 1. The van der Waals surface area contributed by atoms with Crippen molar-refractivity contribution in [1.29, 1.82) is 0 Å². The van der Waals surface area contributed by atoms with Crippen LogP contribution in [0.2, 0.25) is 0 Å². The summed E-state index contributed by atoms with van der Waals surface area (Å²) < 4.78 is 43.0. The normalized spacial score (nSPS) is 11.9. The Balaban J connectivity index is 1.80. The second-order valence-corrected chi connectivity index (χ2v) is 12.2. The molecule has 224 valence electrons. The quantitative estimate of drug-likeness (QED) is 0.235. The summed E-state index contributed by atoms with van der Waals surface area (Å²) in [5.74, 6) is -1.37. The van der Waals surface area contributed by atoms with Crippen LogP contribution >= 0.6 is 0 Å². The smallest absolute Gasteiger partial charge is 0.264 e. The molecule has 0 aromatic heterocycles. The van der Waals surface area contributed by atoms with Crippen LogP contribution in [0.3, 0.4) is 0 Å². The third-order valence-electron chi connectivity index (χ3n) is 7.16. The zero-order valence-corrected chi connectivity index (χ0v) is 25.4. The third kappa shape index (κ3) is 7.87. The summed E-state index contributed by atoms with van der Waals surface area (Å²) >= 11 is 0. The Morgan fingerprint density at radius 3 is 2.07 bits per heavy atom. The predicted molar refractivity (Wildman–Crippen MR) is 166 cm³/mol. The van der Waals surface area contributed by atoms with Crippen molar-refractivity contribution in [1.82, 2.24) is 10.2 Å². The molecule has 43 heavy (non-hydrogen) atoms. The van der Waals surface area contributed by atoms with Crippen molar-refractivity contribution >= 4 is 27.5 Å². The molecule has 0 saturated heterocycles. The number of hydrogen-bond donors (Lipinski definition) is 1. The highest BCUT2D eigenvalue weighted by molar-refractivity contribution is 7.92. The van der Waals surface area contributed by atoms with Crippen molar-refractivity contribution < 1.29 is 22.4 Å². The van der Waals surface area contributed by atoms with Gasteiger partial charge in [-0.2, -0.15) is 0 Å². The lowest BCUT2D eigenvalue weighted by molar-refractivity contribution is -0.140. The van der Waals surface area contributed by atoms with Gasteiger partial charge in [-0.15, -0.1) is 0 Å². The first-order valence-corrected chi connectivity index (χ1v) is 15.5. The summed E-state index contributed by atoms with van der Waals surface area (Å²) in [6, 6.07) is 27.4. The summed E-state index contributed by atoms with van der Waals surface area (Å²) in [4.78, 5) is 29.3. The van der Waals surface area contributed by atoms with E-state index in [2.05, 4.69) is 5.32 Å². The Bertz CT molecular complexity index is 1640. The van der Waals surface area contributed by atoms with Gasteiger partial charge >= 0.3 is 0 Å². The molecular weight excluding hydrogens is 565 g/mol. The first-order chi connectivity index (χ1) is 20.6. The molecule has 1 atom stereocenters. The van der Waals surface area contributed by atoms with Gasteiger partial charge < -0.3 is 10.2 Å². The minimum absolute atomic E-state index is 0.0278. The fourth-order valence-corrected chi connectivity index (χ4v) is 6.31. The van der Waals surface area contributed by atoms with E-state index in [1.54, 1.807) is 62.4 Å². The minimum atomic E-state index is -4.18. The lowest BCUT2D eigenvalue weighted by atomic mass is 10.0. The van der Waals surface area contributed by atoms with Gasteiger partial charge in [0.15, 0.2) is 0 Å². The van der Waals surface area contributed by atoms with E-state index in [1.165, 1.54) is 29.2 Å². The zero-order chi connectivity index (χ0) is 31.0. The summed E-state index contributed by atoms with van der Waals surface area (Å²) in [6.45, 7) is 5.20. The zero-order valence-electron chi connectivity index (χ0n) is 24.5. The Morgan fingerprint density at radius 1 is 0.814 bits per heavy atom. The van der Waals surface area contributed by atoms with Crippen molar-refractivity contribution in [2.45, 2.75) is 44.7 Å². The fraction of sp³-hybridized carbons (Fsp3) is 0.235. The van der Waals surface area contributed by atoms with E-state index >= 15 is 0 Å². The van der Waals surface area contributed by atoms with Crippen molar-refractivity contribution in [3.05, 3.63) is 131 Å². The first kappa shape index (κ1) is 31.4. The maximum absolute atomic E-state index is 14.3. The molecule has 0 heterocycles. The van der Waals surface area contributed by atoms with Gasteiger partial charge in [-0.05, 0) is 67.8 Å². The molecule has 2 amide bonds. The number of nitrogens with zero attached hydrogens (tertiary/aromatic N) is 2. The number of carbonyl (C=O) groups excluding carboxylic acids is 2. The van der Waals surface area contributed by atoms with E-state index in [-0.39, 0.29) is 23.8 Å². The number of aryl methyl sites for hydroxylation is 2. The Morgan fingerprint density at radius 2 is 1.44 bits per heavy atom. The lowest BCUT2D eigenvalue weighted by Gasteiger charge is -2.34. The van der Waals surface area contributed by atoms with Crippen LogP contribution in [0.1, 0.15) is 29.2 Å². The van der Waals surface area contributed by atoms with E-state index in [9.17, 15) is 22.4 Å².